The summed E-state index contributed by atoms with van der Waals surface area (Å²) in [6.45, 7) is 5.85. The van der Waals surface area contributed by atoms with Crippen LogP contribution in [0.15, 0.2) is 36.9 Å². The minimum absolute atomic E-state index is 0.0181. The molecule has 1 aliphatic rings. The Morgan fingerprint density at radius 3 is 2.76 bits per heavy atom. The second-order valence-electron chi connectivity index (χ2n) is 4.28. The minimum atomic E-state index is -0.0181. The van der Waals surface area contributed by atoms with Crippen molar-refractivity contribution in [1.82, 2.24) is 0 Å². The number of anilines is 1. The second-order valence-corrected chi connectivity index (χ2v) is 4.28. The third-order valence-corrected chi connectivity index (χ3v) is 3.06. The summed E-state index contributed by atoms with van der Waals surface area (Å²) in [5, 5.41) is 0. The zero-order valence-electron chi connectivity index (χ0n) is 9.85. The maximum atomic E-state index is 11.9. The number of para-hydroxylation sites is 1. The minimum Gasteiger partial charge on any atom is -0.311 e. The van der Waals surface area contributed by atoms with Gasteiger partial charge in [0.05, 0.1) is 5.69 Å². The highest BCUT2D eigenvalue weighted by Gasteiger charge is 2.30. The first-order valence-electron chi connectivity index (χ1n) is 5.66. The number of hydrogen-bond donors (Lipinski definition) is 0. The van der Waals surface area contributed by atoms with Crippen molar-refractivity contribution in [3.05, 3.63) is 42.5 Å². The van der Waals surface area contributed by atoms with Gasteiger partial charge in [-0.05, 0) is 19.1 Å². The van der Waals surface area contributed by atoms with Crippen molar-refractivity contribution in [1.29, 1.82) is 0 Å². The first-order valence-corrected chi connectivity index (χ1v) is 5.66. The summed E-state index contributed by atoms with van der Waals surface area (Å²) >= 11 is 0. The Balaban J connectivity index is 2.38. The number of ketones is 1. The van der Waals surface area contributed by atoms with Crippen molar-refractivity contribution in [2.75, 3.05) is 11.4 Å². The van der Waals surface area contributed by atoms with Crippen LogP contribution >= 0.6 is 0 Å². The van der Waals surface area contributed by atoms with E-state index in [1.165, 1.54) is 6.92 Å². The maximum Gasteiger partial charge on any atom is 0.227 e. The quantitative estimate of drug-likeness (QED) is 0.589. The molecule has 3 heteroatoms. The van der Waals surface area contributed by atoms with Crippen molar-refractivity contribution < 1.29 is 9.59 Å². The predicted octanol–water partition coefficient (Wildman–Crippen LogP) is 2.43. The Hall–Kier alpha value is -1.90. The summed E-state index contributed by atoms with van der Waals surface area (Å²) in [5.74, 6) is 0.224. The number of carbonyl (C=O) groups is 2. The van der Waals surface area contributed by atoms with Crippen LogP contribution in [0, 0.1) is 5.92 Å². The molecule has 0 saturated carbocycles. The van der Waals surface area contributed by atoms with Crippen LogP contribution in [0.4, 0.5) is 5.69 Å². The van der Waals surface area contributed by atoms with Gasteiger partial charge in [0.25, 0.3) is 0 Å². The van der Waals surface area contributed by atoms with E-state index in [1.807, 2.05) is 18.2 Å². The van der Waals surface area contributed by atoms with E-state index in [1.54, 1.807) is 17.0 Å². The summed E-state index contributed by atoms with van der Waals surface area (Å²) in [6, 6.07) is 7.23. The molecule has 0 radical (unpaired) electrons. The Labute approximate surface area is 101 Å². The molecular weight excluding hydrogens is 214 g/mol. The predicted molar refractivity (Wildman–Crippen MR) is 67.1 cm³/mol. The third kappa shape index (κ3) is 2.13. The molecule has 1 fully saturated rings. The molecule has 1 saturated heterocycles. The average molecular weight is 229 g/mol. The van der Waals surface area contributed by atoms with Crippen LogP contribution in [-0.2, 0) is 4.79 Å². The normalized spacial score (nSPS) is 19.5. The van der Waals surface area contributed by atoms with E-state index in [9.17, 15) is 9.59 Å². The molecule has 1 aromatic rings. The number of nitrogens with zero attached hydrogens (tertiary/aromatic N) is 1. The van der Waals surface area contributed by atoms with Gasteiger partial charge in [-0.3, -0.25) is 9.59 Å². The van der Waals surface area contributed by atoms with Gasteiger partial charge in [-0.2, -0.15) is 0 Å². The van der Waals surface area contributed by atoms with Crippen molar-refractivity contribution in [2.45, 2.75) is 13.3 Å². The van der Waals surface area contributed by atoms with E-state index < -0.39 is 0 Å². The molecule has 88 valence electrons. The fourth-order valence-corrected chi connectivity index (χ4v) is 2.13. The standard InChI is InChI=1S/C14H15NO2/c1-3-11-8-14(17)15(9-11)13-7-5-4-6-12(13)10(2)16/h3-7,11H,1,8-9H2,2H3. The number of amides is 1. The second kappa shape index (κ2) is 4.53. The third-order valence-electron chi connectivity index (χ3n) is 3.06. The molecule has 0 N–H and O–H groups in total. The molecule has 0 bridgehead atoms. The number of benzene rings is 1. The molecule has 2 rings (SSSR count). The van der Waals surface area contributed by atoms with Crippen molar-refractivity contribution >= 4 is 17.4 Å². The smallest absolute Gasteiger partial charge is 0.227 e. The molecule has 1 aromatic carbocycles. The van der Waals surface area contributed by atoms with Crippen molar-refractivity contribution in [2.24, 2.45) is 5.92 Å². The summed E-state index contributed by atoms with van der Waals surface area (Å²) < 4.78 is 0. The zero-order chi connectivity index (χ0) is 12.4. The molecule has 0 aliphatic carbocycles. The van der Waals surface area contributed by atoms with Gasteiger partial charge in [-0.25, -0.2) is 0 Å². The molecule has 0 spiro atoms. The van der Waals surface area contributed by atoms with Crippen LogP contribution in [0.25, 0.3) is 0 Å². The van der Waals surface area contributed by atoms with Gasteiger partial charge >= 0.3 is 0 Å². The van der Waals surface area contributed by atoms with E-state index in [0.717, 1.165) is 0 Å². The van der Waals surface area contributed by atoms with Crippen LogP contribution in [0.2, 0.25) is 0 Å². The number of carbonyl (C=O) groups excluding carboxylic acids is 2. The Morgan fingerprint density at radius 2 is 2.18 bits per heavy atom. The van der Waals surface area contributed by atoms with Crippen LogP contribution in [0.1, 0.15) is 23.7 Å². The van der Waals surface area contributed by atoms with Crippen molar-refractivity contribution in [3.8, 4) is 0 Å². The first kappa shape index (κ1) is 11.6. The molecule has 1 aliphatic heterocycles. The molecule has 3 nitrogen and oxygen atoms in total. The molecular formula is C14H15NO2. The van der Waals surface area contributed by atoms with Gasteiger partial charge in [0.15, 0.2) is 5.78 Å². The summed E-state index contributed by atoms with van der Waals surface area (Å²) in [4.78, 5) is 25.1. The Kier molecular flexibility index (Phi) is 3.09. The summed E-state index contributed by atoms with van der Waals surface area (Å²) in [7, 11) is 0. The highest BCUT2D eigenvalue weighted by Crippen LogP contribution is 2.28. The van der Waals surface area contributed by atoms with E-state index in [2.05, 4.69) is 6.58 Å². The van der Waals surface area contributed by atoms with E-state index in [-0.39, 0.29) is 17.6 Å². The number of Topliss-reactive ketones (excluding diaryl/α,β-unsaturated/α-hetero) is 1. The van der Waals surface area contributed by atoms with Gasteiger partial charge < -0.3 is 4.90 Å². The molecule has 17 heavy (non-hydrogen) atoms. The highest BCUT2D eigenvalue weighted by atomic mass is 16.2. The lowest BCUT2D eigenvalue weighted by molar-refractivity contribution is -0.117. The van der Waals surface area contributed by atoms with Crippen LogP contribution in [0.5, 0.6) is 0 Å². The van der Waals surface area contributed by atoms with Gasteiger partial charge in [0.1, 0.15) is 0 Å². The fourth-order valence-electron chi connectivity index (χ4n) is 2.13. The molecule has 1 heterocycles. The van der Waals surface area contributed by atoms with E-state index in [0.29, 0.717) is 24.2 Å². The van der Waals surface area contributed by atoms with E-state index in [4.69, 9.17) is 0 Å². The van der Waals surface area contributed by atoms with Crippen LogP contribution in [-0.4, -0.2) is 18.2 Å². The van der Waals surface area contributed by atoms with Crippen molar-refractivity contribution in [3.63, 3.8) is 0 Å². The lowest BCUT2D eigenvalue weighted by Crippen LogP contribution is -2.26. The van der Waals surface area contributed by atoms with Crippen LogP contribution in [0.3, 0.4) is 0 Å². The number of hydrogen-bond acceptors (Lipinski definition) is 2. The van der Waals surface area contributed by atoms with Gasteiger partial charge in [-0.15, -0.1) is 6.58 Å². The highest BCUT2D eigenvalue weighted by molar-refractivity contribution is 6.05. The topological polar surface area (TPSA) is 37.4 Å². The van der Waals surface area contributed by atoms with Gasteiger partial charge in [0.2, 0.25) is 5.91 Å². The summed E-state index contributed by atoms with van der Waals surface area (Å²) in [5.41, 5.74) is 1.32. The summed E-state index contributed by atoms with van der Waals surface area (Å²) in [6.07, 6.45) is 2.28. The number of rotatable bonds is 3. The molecule has 1 amide bonds. The SMILES string of the molecule is C=CC1CC(=O)N(c2ccccc2C(C)=O)C1. The Morgan fingerprint density at radius 1 is 1.47 bits per heavy atom. The molecule has 1 unspecified atom stereocenters. The van der Waals surface area contributed by atoms with Gasteiger partial charge in [-0.1, -0.05) is 18.2 Å². The Bertz CT molecular complexity index is 479. The lowest BCUT2D eigenvalue weighted by Gasteiger charge is -2.18. The van der Waals surface area contributed by atoms with Crippen LogP contribution < -0.4 is 4.90 Å². The average Bonchev–Trinajstić information content (AvgIpc) is 2.70. The largest absolute Gasteiger partial charge is 0.311 e. The first-order chi connectivity index (χ1) is 8.13. The lowest BCUT2D eigenvalue weighted by atomic mass is 10.1. The maximum absolute atomic E-state index is 11.9. The van der Waals surface area contributed by atoms with E-state index >= 15 is 0 Å². The zero-order valence-corrected chi connectivity index (χ0v) is 9.85. The molecule has 0 aromatic heterocycles. The fraction of sp³-hybridized carbons (Fsp3) is 0.286. The van der Waals surface area contributed by atoms with Gasteiger partial charge in [0, 0.05) is 24.4 Å². The molecule has 1 atom stereocenters. The monoisotopic (exact) mass is 229 g/mol.